The zero-order chi connectivity index (χ0) is 27.4. The molecule has 0 aliphatic carbocycles. The normalized spacial score (nSPS) is 14.1. The Morgan fingerprint density at radius 2 is 2.03 bits per heavy atom. The van der Waals surface area contributed by atoms with E-state index >= 15 is 0 Å². The van der Waals surface area contributed by atoms with Crippen molar-refractivity contribution in [2.45, 2.75) is 45.7 Å². The first-order valence-electron chi connectivity index (χ1n) is 13.2. The monoisotopic (exact) mass is 533 g/mol. The van der Waals surface area contributed by atoms with Crippen molar-refractivity contribution in [2.75, 3.05) is 43.1 Å². The number of carboxylic acid groups (broad SMARTS) is 1. The van der Waals surface area contributed by atoms with Gasteiger partial charge in [-0.05, 0) is 44.9 Å². The molecule has 4 heterocycles. The summed E-state index contributed by atoms with van der Waals surface area (Å²) in [6.45, 7) is 9.96. The van der Waals surface area contributed by atoms with Crippen LogP contribution < -0.4 is 10.2 Å². The van der Waals surface area contributed by atoms with Crippen molar-refractivity contribution < 1.29 is 14.6 Å². The summed E-state index contributed by atoms with van der Waals surface area (Å²) in [5, 5.41) is 25.2. The van der Waals surface area contributed by atoms with Gasteiger partial charge in [0.25, 0.3) is 0 Å². The molecule has 4 aromatic rings. The minimum absolute atomic E-state index is 0.428. The number of ether oxygens (including phenoxy) is 1. The number of aromatic nitrogens is 6. The van der Waals surface area contributed by atoms with Gasteiger partial charge in [-0.3, -0.25) is 9.78 Å². The number of aryl methyl sites for hydroxylation is 1. The van der Waals surface area contributed by atoms with E-state index in [0.717, 1.165) is 48.6 Å². The SMILES string of the molecule is CC(C)(C)N(CCCn1cc(Nc2nc(Cc3cccc(N4CCOCC4)c3)c3cn[nH]c3n2)cn1)C(=O)O. The van der Waals surface area contributed by atoms with Gasteiger partial charge in [-0.2, -0.15) is 15.2 Å². The van der Waals surface area contributed by atoms with E-state index in [2.05, 4.69) is 54.8 Å². The van der Waals surface area contributed by atoms with Crippen molar-refractivity contribution in [3.05, 3.63) is 54.1 Å². The maximum Gasteiger partial charge on any atom is 0.407 e. The highest BCUT2D eigenvalue weighted by atomic mass is 16.5. The quantitative estimate of drug-likeness (QED) is 0.293. The molecule has 5 rings (SSSR count). The van der Waals surface area contributed by atoms with Gasteiger partial charge < -0.3 is 25.0 Å². The molecule has 1 aliphatic heterocycles. The first kappa shape index (κ1) is 26.4. The highest BCUT2D eigenvalue weighted by Gasteiger charge is 2.25. The molecule has 1 saturated heterocycles. The Hall–Kier alpha value is -4.19. The number of hydrogen-bond acceptors (Lipinski definition) is 8. The molecule has 1 aromatic carbocycles. The van der Waals surface area contributed by atoms with Crippen molar-refractivity contribution in [1.82, 2.24) is 34.8 Å². The lowest BCUT2D eigenvalue weighted by Gasteiger charge is -2.33. The van der Waals surface area contributed by atoms with Gasteiger partial charge >= 0.3 is 6.09 Å². The minimum atomic E-state index is -0.916. The number of rotatable bonds is 9. The summed E-state index contributed by atoms with van der Waals surface area (Å²) >= 11 is 0. The first-order valence-corrected chi connectivity index (χ1v) is 13.2. The van der Waals surface area contributed by atoms with Crippen LogP contribution in [0.5, 0.6) is 0 Å². The summed E-state index contributed by atoms with van der Waals surface area (Å²) in [4.78, 5) is 24.8. The molecule has 0 bridgehead atoms. The fourth-order valence-electron chi connectivity index (χ4n) is 4.75. The third-order valence-corrected chi connectivity index (χ3v) is 6.75. The molecule has 12 heteroatoms. The second-order valence-electron chi connectivity index (χ2n) is 10.6. The van der Waals surface area contributed by atoms with Crippen LogP contribution in [0, 0.1) is 0 Å². The lowest BCUT2D eigenvalue weighted by molar-refractivity contribution is 0.0984. The number of benzene rings is 1. The Morgan fingerprint density at radius 3 is 2.79 bits per heavy atom. The number of fused-ring (bicyclic) bond motifs is 1. The van der Waals surface area contributed by atoms with E-state index in [1.807, 2.05) is 27.0 Å². The molecule has 0 atom stereocenters. The predicted molar refractivity (Wildman–Crippen MR) is 149 cm³/mol. The minimum Gasteiger partial charge on any atom is -0.465 e. The summed E-state index contributed by atoms with van der Waals surface area (Å²) in [5.74, 6) is 0.454. The summed E-state index contributed by atoms with van der Waals surface area (Å²) in [6, 6.07) is 8.54. The van der Waals surface area contributed by atoms with Crippen LogP contribution in [0.2, 0.25) is 0 Å². The van der Waals surface area contributed by atoms with Gasteiger partial charge in [0.1, 0.15) is 0 Å². The molecule has 0 saturated carbocycles. The van der Waals surface area contributed by atoms with Crippen LogP contribution in [0.15, 0.2) is 42.9 Å². The molecule has 0 radical (unpaired) electrons. The van der Waals surface area contributed by atoms with Crippen molar-refractivity contribution >= 4 is 34.4 Å². The highest BCUT2D eigenvalue weighted by Crippen LogP contribution is 2.24. The zero-order valence-electron chi connectivity index (χ0n) is 22.6. The van der Waals surface area contributed by atoms with Crippen molar-refractivity contribution in [1.29, 1.82) is 0 Å². The number of H-pyrrole nitrogens is 1. The molecular formula is C27H35N9O3. The third kappa shape index (κ3) is 6.45. The van der Waals surface area contributed by atoms with Gasteiger partial charge in [0, 0.05) is 50.0 Å². The van der Waals surface area contributed by atoms with E-state index in [4.69, 9.17) is 9.72 Å². The van der Waals surface area contributed by atoms with Crippen LogP contribution in [0.3, 0.4) is 0 Å². The maximum atomic E-state index is 11.6. The van der Waals surface area contributed by atoms with Crippen LogP contribution in [-0.4, -0.2) is 84.4 Å². The number of carbonyl (C=O) groups is 1. The van der Waals surface area contributed by atoms with Gasteiger partial charge in [-0.15, -0.1) is 0 Å². The smallest absolute Gasteiger partial charge is 0.407 e. The maximum absolute atomic E-state index is 11.6. The fourth-order valence-corrected chi connectivity index (χ4v) is 4.75. The molecule has 0 unspecified atom stereocenters. The molecule has 1 amide bonds. The Kier molecular flexibility index (Phi) is 7.64. The third-order valence-electron chi connectivity index (χ3n) is 6.75. The van der Waals surface area contributed by atoms with Gasteiger partial charge in [0.15, 0.2) is 5.65 Å². The molecule has 1 aliphatic rings. The lowest BCUT2D eigenvalue weighted by Crippen LogP contribution is -2.45. The number of nitrogens with one attached hydrogen (secondary N) is 2. The molecule has 206 valence electrons. The van der Waals surface area contributed by atoms with E-state index in [-0.39, 0.29) is 0 Å². The lowest BCUT2D eigenvalue weighted by atomic mass is 10.1. The number of nitrogens with zero attached hydrogens (tertiary/aromatic N) is 7. The number of morpholine rings is 1. The van der Waals surface area contributed by atoms with Gasteiger partial charge in [0.05, 0.1) is 42.4 Å². The summed E-state index contributed by atoms with van der Waals surface area (Å²) in [6.07, 6.45) is 5.71. The van der Waals surface area contributed by atoms with E-state index in [1.54, 1.807) is 17.1 Å². The summed E-state index contributed by atoms with van der Waals surface area (Å²) in [7, 11) is 0. The molecule has 1 fully saturated rings. The van der Waals surface area contributed by atoms with Crippen molar-refractivity contribution in [2.24, 2.45) is 0 Å². The van der Waals surface area contributed by atoms with E-state index in [0.29, 0.717) is 37.5 Å². The zero-order valence-corrected chi connectivity index (χ0v) is 22.6. The second-order valence-corrected chi connectivity index (χ2v) is 10.6. The molecular weight excluding hydrogens is 498 g/mol. The number of aromatic amines is 1. The number of amides is 1. The predicted octanol–water partition coefficient (Wildman–Crippen LogP) is 3.89. The number of anilines is 3. The largest absolute Gasteiger partial charge is 0.465 e. The Balaban J connectivity index is 1.27. The Labute approximate surface area is 227 Å². The van der Waals surface area contributed by atoms with Gasteiger partial charge in [-0.25, -0.2) is 9.78 Å². The van der Waals surface area contributed by atoms with Crippen molar-refractivity contribution in [3.8, 4) is 0 Å². The highest BCUT2D eigenvalue weighted by molar-refractivity contribution is 5.78. The van der Waals surface area contributed by atoms with E-state index in [1.165, 1.54) is 10.6 Å². The molecule has 3 N–H and O–H groups in total. The van der Waals surface area contributed by atoms with Crippen LogP contribution in [0.25, 0.3) is 11.0 Å². The average molecular weight is 534 g/mol. The molecule has 3 aromatic heterocycles. The summed E-state index contributed by atoms with van der Waals surface area (Å²) < 4.78 is 7.28. The molecule has 12 nitrogen and oxygen atoms in total. The van der Waals surface area contributed by atoms with E-state index < -0.39 is 11.6 Å². The van der Waals surface area contributed by atoms with Gasteiger partial charge in [-0.1, -0.05) is 12.1 Å². The Morgan fingerprint density at radius 1 is 1.21 bits per heavy atom. The first-order chi connectivity index (χ1) is 18.8. The van der Waals surface area contributed by atoms with Gasteiger partial charge in [0.2, 0.25) is 5.95 Å². The van der Waals surface area contributed by atoms with Crippen LogP contribution in [0.4, 0.5) is 22.1 Å². The number of hydrogen-bond donors (Lipinski definition) is 3. The summed E-state index contributed by atoms with van der Waals surface area (Å²) in [5.41, 5.74) is 4.18. The fraction of sp³-hybridized carbons (Fsp3) is 0.444. The second kappa shape index (κ2) is 11.3. The van der Waals surface area contributed by atoms with Crippen LogP contribution in [-0.2, 0) is 17.7 Å². The van der Waals surface area contributed by atoms with Crippen LogP contribution >= 0.6 is 0 Å². The van der Waals surface area contributed by atoms with Crippen molar-refractivity contribution in [3.63, 3.8) is 0 Å². The standard InChI is InChI=1S/C27H35N9O3/c1-27(2,3)36(26(37)38)9-5-8-35-18-20(16-29-35)30-25-31-23(22-17-28-33-24(22)32-25)15-19-6-4-7-21(14-19)34-10-12-39-13-11-34/h4,6-7,14,16-18H,5,8-13,15H2,1-3H3,(H,37,38)(H2,28,30,31,32,33). The van der Waals surface area contributed by atoms with E-state index in [9.17, 15) is 9.90 Å². The molecule has 0 spiro atoms. The Bertz CT molecular complexity index is 1420. The topological polar surface area (TPSA) is 137 Å². The molecule has 39 heavy (non-hydrogen) atoms. The average Bonchev–Trinajstić information content (AvgIpc) is 3.56. The van der Waals surface area contributed by atoms with Crippen LogP contribution in [0.1, 0.15) is 38.4 Å².